The summed E-state index contributed by atoms with van der Waals surface area (Å²) in [5.74, 6) is 2.38. The third-order valence-corrected chi connectivity index (χ3v) is 9.03. The Labute approximate surface area is 124 Å². The number of halogens is 1. The quantitative estimate of drug-likeness (QED) is 0.463. The number of hydrogen-bond acceptors (Lipinski definition) is 1. The first kappa shape index (κ1) is 13.4. The van der Waals surface area contributed by atoms with Crippen LogP contribution in [0, 0.1) is 0 Å². The van der Waals surface area contributed by atoms with Gasteiger partial charge >= 0.3 is 113 Å². The molecular formula is C14H12BiClS. The van der Waals surface area contributed by atoms with Crippen molar-refractivity contribution in [2.75, 3.05) is 0 Å². The van der Waals surface area contributed by atoms with E-state index in [1.54, 1.807) is 17.7 Å². The van der Waals surface area contributed by atoms with Crippen molar-refractivity contribution in [1.29, 1.82) is 0 Å². The summed E-state index contributed by atoms with van der Waals surface area (Å²) in [5.41, 5.74) is 3.16. The van der Waals surface area contributed by atoms with Crippen molar-refractivity contribution in [3.8, 4) is 0 Å². The van der Waals surface area contributed by atoms with E-state index in [0.717, 1.165) is 0 Å². The van der Waals surface area contributed by atoms with Crippen molar-refractivity contribution in [2.45, 2.75) is 11.5 Å². The molecule has 0 aromatic heterocycles. The van der Waals surface area contributed by atoms with Gasteiger partial charge in [-0.05, 0) is 0 Å². The molecule has 0 atom stereocenters. The van der Waals surface area contributed by atoms with Gasteiger partial charge in [0.25, 0.3) is 0 Å². The summed E-state index contributed by atoms with van der Waals surface area (Å²) in [6, 6.07) is 18.0. The average Bonchev–Trinajstić information content (AvgIpc) is 2.29. The first-order valence-electron chi connectivity index (χ1n) is 5.39. The van der Waals surface area contributed by atoms with Crippen molar-refractivity contribution < 1.29 is 12.4 Å². The van der Waals surface area contributed by atoms with E-state index in [4.69, 9.17) is 0 Å². The minimum absolute atomic E-state index is 0. The van der Waals surface area contributed by atoms with E-state index in [9.17, 15) is 0 Å². The van der Waals surface area contributed by atoms with Crippen molar-refractivity contribution in [2.24, 2.45) is 0 Å². The molecule has 0 bridgehead atoms. The number of rotatable bonds is 0. The number of hydrogen-bond donors (Lipinski definition) is 0. The molecule has 2 aromatic carbocycles. The van der Waals surface area contributed by atoms with Gasteiger partial charge in [-0.2, -0.15) is 0 Å². The fraction of sp³-hybridized carbons (Fsp3) is 0.143. The Morgan fingerprint density at radius 2 is 1.24 bits per heavy atom. The molecule has 86 valence electrons. The molecule has 0 amide bonds. The fourth-order valence-corrected chi connectivity index (χ4v) is 8.37. The Morgan fingerprint density at radius 1 is 0.765 bits per heavy atom. The van der Waals surface area contributed by atoms with Crippen LogP contribution in [0.25, 0.3) is 0 Å². The minimum atomic E-state index is -0.672. The first-order chi connectivity index (χ1) is 7.93. The molecule has 17 heavy (non-hydrogen) atoms. The predicted octanol–water partition coefficient (Wildman–Crippen LogP) is -0.908. The maximum absolute atomic E-state index is 2.34. The van der Waals surface area contributed by atoms with Crippen LogP contribution >= 0.6 is 11.8 Å². The van der Waals surface area contributed by atoms with Crippen LogP contribution < -0.4 is 18.9 Å². The normalized spacial score (nSPS) is 13.6. The Hall–Kier alpha value is -0.0369. The maximum atomic E-state index is 2.34. The van der Waals surface area contributed by atoms with E-state index in [1.807, 2.05) is 11.8 Å². The Balaban J connectivity index is 0.00000108. The van der Waals surface area contributed by atoms with E-state index in [-0.39, 0.29) is 12.4 Å². The molecule has 2 aromatic rings. The molecule has 1 aliphatic rings. The fourth-order valence-electron chi connectivity index (χ4n) is 1.88. The second-order valence-electron chi connectivity index (χ2n) is 3.86. The van der Waals surface area contributed by atoms with Gasteiger partial charge in [0.1, 0.15) is 0 Å². The molecule has 0 N–H and O–H groups in total. The average molecular weight is 457 g/mol. The Morgan fingerprint density at radius 3 is 1.76 bits per heavy atom. The summed E-state index contributed by atoms with van der Waals surface area (Å²) in [5, 5.41) is 0. The molecule has 0 spiro atoms. The van der Waals surface area contributed by atoms with Crippen LogP contribution in [0.5, 0.6) is 0 Å². The second kappa shape index (κ2) is 6.22. The molecule has 0 saturated carbocycles. The molecule has 3 rings (SSSR count). The zero-order valence-electron chi connectivity index (χ0n) is 9.27. The van der Waals surface area contributed by atoms with E-state index < -0.39 is 23.2 Å². The summed E-state index contributed by atoms with van der Waals surface area (Å²) >= 11 is 1.37. The topological polar surface area (TPSA) is 0 Å². The zero-order valence-corrected chi connectivity index (χ0v) is 14.3. The van der Waals surface area contributed by atoms with Crippen LogP contribution in [-0.4, -0.2) is 23.2 Å². The first-order valence-corrected chi connectivity index (χ1v) is 10.0. The number of thioether (sulfide) groups is 1. The van der Waals surface area contributed by atoms with Crippen LogP contribution in [0.1, 0.15) is 11.1 Å². The molecule has 1 aliphatic heterocycles. The Bertz CT molecular complexity index is 468. The van der Waals surface area contributed by atoms with Gasteiger partial charge in [-0.25, -0.2) is 0 Å². The van der Waals surface area contributed by atoms with Crippen LogP contribution in [0.2, 0.25) is 0 Å². The van der Waals surface area contributed by atoms with Gasteiger partial charge in [-0.1, -0.05) is 0 Å². The van der Waals surface area contributed by atoms with Crippen molar-refractivity contribution in [3.63, 3.8) is 0 Å². The molecular weight excluding hydrogens is 445 g/mol. The predicted molar refractivity (Wildman–Crippen MR) is 72.9 cm³/mol. The van der Waals surface area contributed by atoms with Crippen LogP contribution in [0.15, 0.2) is 48.5 Å². The molecule has 2 radical (unpaired) electrons. The molecule has 0 aliphatic carbocycles. The zero-order chi connectivity index (χ0) is 10.8. The van der Waals surface area contributed by atoms with Crippen LogP contribution in [0.4, 0.5) is 0 Å². The summed E-state index contributed by atoms with van der Waals surface area (Å²) in [7, 11) is 0. The van der Waals surface area contributed by atoms with Gasteiger partial charge in [0.2, 0.25) is 0 Å². The summed E-state index contributed by atoms with van der Waals surface area (Å²) < 4.78 is 3.34. The number of fused-ring (bicyclic) bond motifs is 2. The monoisotopic (exact) mass is 456 g/mol. The molecule has 0 fully saturated rings. The Kier molecular flexibility index (Phi) is 4.90. The van der Waals surface area contributed by atoms with Crippen LogP contribution in [-0.2, 0) is 11.5 Å². The molecule has 0 saturated heterocycles. The van der Waals surface area contributed by atoms with Crippen LogP contribution in [0.3, 0.4) is 0 Å². The summed E-state index contributed by atoms with van der Waals surface area (Å²) in [6.45, 7) is 0. The van der Waals surface area contributed by atoms with E-state index >= 15 is 0 Å². The van der Waals surface area contributed by atoms with Gasteiger partial charge in [-0.15, -0.1) is 0 Å². The molecule has 0 nitrogen and oxygen atoms in total. The van der Waals surface area contributed by atoms with E-state index in [0.29, 0.717) is 0 Å². The summed E-state index contributed by atoms with van der Waals surface area (Å²) in [4.78, 5) is 0. The molecule has 1 heterocycles. The van der Waals surface area contributed by atoms with E-state index in [2.05, 4.69) is 48.5 Å². The van der Waals surface area contributed by atoms with Gasteiger partial charge in [0.15, 0.2) is 0 Å². The SMILES string of the molecule is [Cl-].c1cc[c]2c(c1)CSCc1cccc[c]1[Bi+]2. The van der Waals surface area contributed by atoms with Crippen molar-refractivity contribution in [3.05, 3.63) is 59.7 Å². The molecule has 0 unspecified atom stereocenters. The number of benzene rings is 2. The molecule has 3 heteroatoms. The van der Waals surface area contributed by atoms with Gasteiger partial charge in [0.05, 0.1) is 0 Å². The third kappa shape index (κ3) is 3.05. The standard InChI is InChI=1S/C14H12S.Bi.ClH/c1-3-7-13(8-4-1)11-15-12-14-9-5-2-6-10-14;;/h1-7,9H,11-12H2;;1H/q;+1;/p-1. The second-order valence-corrected chi connectivity index (χ2v) is 9.46. The van der Waals surface area contributed by atoms with Crippen molar-refractivity contribution >= 4 is 41.5 Å². The van der Waals surface area contributed by atoms with Crippen molar-refractivity contribution in [1.82, 2.24) is 0 Å². The third-order valence-electron chi connectivity index (χ3n) is 2.74. The van der Waals surface area contributed by atoms with Gasteiger partial charge in [-0.3, -0.25) is 0 Å². The van der Waals surface area contributed by atoms with E-state index in [1.165, 1.54) is 11.5 Å². The van der Waals surface area contributed by atoms with Gasteiger partial charge in [0, 0.05) is 0 Å². The summed E-state index contributed by atoms with van der Waals surface area (Å²) in [6.07, 6.45) is 0. The van der Waals surface area contributed by atoms with Gasteiger partial charge < -0.3 is 12.4 Å².